The molecule has 3 rings (SSSR count). The van der Waals surface area contributed by atoms with Gasteiger partial charge in [0.15, 0.2) is 0 Å². The Hall–Kier alpha value is -0.380. The Morgan fingerprint density at radius 1 is 1.29 bits per heavy atom. The van der Waals surface area contributed by atoms with Crippen molar-refractivity contribution in [1.82, 2.24) is 10.2 Å². The molecule has 3 heteroatoms. The van der Waals surface area contributed by atoms with Gasteiger partial charge in [-0.2, -0.15) is 0 Å². The minimum atomic E-state index is 0.706. The molecule has 1 N–H and O–H groups in total. The second-order valence-electron chi connectivity index (χ2n) is 6.96. The maximum Gasteiger partial charge on any atom is 0.0332 e. The molecular weight excluding hydrogens is 276 g/mol. The molecule has 1 saturated carbocycles. The van der Waals surface area contributed by atoms with Crippen molar-refractivity contribution in [3.05, 3.63) is 21.9 Å². The average molecular weight is 307 g/mol. The number of piperazine rings is 1. The summed E-state index contributed by atoms with van der Waals surface area (Å²) >= 11 is 2.01. The topological polar surface area (TPSA) is 15.3 Å². The van der Waals surface area contributed by atoms with E-state index in [2.05, 4.69) is 43.1 Å². The Labute approximate surface area is 133 Å². The van der Waals surface area contributed by atoms with E-state index in [9.17, 15) is 0 Å². The van der Waals surface area contributed by atoms with Gasteiger partial charge in [-0.1, -0.05) is 27.2 Å². The van der Waals surface area contributed by atoms with Crippen molar-refractivity contribution in [2.45, 2.75) is 65.1 Å². The molecule has 0 aromatic carbocycles. The molecule has 3 atom stereocenters. The molecular formula is C18H30N2S. The van der Waals surface area contributed by atoms with E-state index in [1.165, 1.54) is 43.6 Å². The minimum Gasteiger partial charge on any atom is -0.311 e. The second-order valence-corrected chi connectivity index (χ2v) is 8.21. The molecule has 1 aromatic rings. The van der Waals surface area contributed by atoms with Crippen LogP contribution >= 0.6 is 11.3 Å². The molecule has 1 aliphatic heterocycles. The first-order valence-electron chi connectivity index (χ1n) is 8.76. The number of aryl methyl sites for hydroxylation is 1. The first kappa shape index (κ1) is 15.5. The predicted molar refractivity (Wildman–Crippen MR) is 91.9 cm³/mol. The number of thiophene rings is 1. The lowest BCUT2D eigenvalue weighted by Gasteiger charge is -2.43. The summed E-state index contributed by atoms with van der Waals surface area (Å²) in [4.78, 5) is 5.86. The van der Waals surface area contributed by atoms with Crippen LogP contribution in [-0.4, -0.2) is 30.1 Å². The minimum absolute atomic E-state index is 0.706. The SMILES string of the molecule is CCc1ccc(CN2CC(C3CC3)NCC2C(C)CC)s1. The van der Waals surface area contributed by atoms with E-state index in [4.69, 9.17) is 0 Å². The molecule has 0 amide bonds. The number of hydrogen-bond donors (Lipinski definition) is 1. The summed E-state index contributed by atoms with van der Waals surface area (Å²) in [5.41, 5.74) is 0. The van der Waals surface area contributed by atoms with Crippen LogP contribution in [0.4, 0.5) is 0 Å². The average Bonchev–Trinajstić information content (AvgIpc) is 3.27. The van der Waals surface area contributed by atoms with Crippen molar-refractivity contribution < 1.29 is 0 Å². The van der Waals surface area contributed by atoms with Gasteiger partial charge in [-0.15, -0.1) is 11.3 Å². The fourth-order valence-corrected chi connectivity index (χ4v) is 4.56. The van der Waals surface area contributed by atoms with Crippen LogP contribution in [0.2, 0.25) is 0 Å². The van der Waals surface area contributed by atoms with Crippen LogP contribution < -0.4 is 5.32 Å². The standard InChI is InChI=1S/C18H30N2S/c1-4-13(3)18-10-19-17(14-6-7-14)12-20(18)11-16-9-8-15(5-2)21-16/h8-9,13-14,17-19H,4-7,10-12H2,1-3H3. The summed E-state index contributed by atoms with van der Waals surface area (Å²) in [7, 11) is 0. The van der Waals surface area contributed by atoms with Gasteiger partial charge < -0.3 is 5.32 Å². The van der Waals surface area contributed by atoms with Gasteiger partial charge in [-0.3, -0.25) is 4.90 Å². The highest BCUT2D eigenvalue weighted by Gasteiger charge is 2.38. The van der Waals surface area contributed by atoms with Crippen molar-refractivity contribution in [3.63, 3.8) is 0 Å². The van der Waals surface area contributed by atoms with E-state index >= 15 is 0 Å². The zero-order chi connectivity index (χ0) is 14.8. The molecule has 0 bridgehead atoms. The molecule has 21 heavy (non-hydrogen) atoms. The van der Waals surface area contributed by atoms with Crippen molar-refractivity contribution in [2.75, 3.05) is 13.1 Å². The number of nitrogens with zero attached hydrogens (tertiary/aromatic N) is 1. The lowest BCUT2D eigenvalue weighted by Crippen LogP contribution is -2.58. The van der Waals surface area contributed by atoms with Gasteiger partial charge in [0.2, 0.25) is 0 Å². The van der Waals surface area contributed by atoms with Crippen LogP contribution in [0.25, 0.3) is 0 Å². The smallest absolute Gasteiger partial charge is 0.0332 e. The third-order valence-electron chi connectivity index (χ3n) is 5.41. The van der Waals surface area contributed by atoms with Crippen molar-refractivity contribution >= 4 is 11.3 Å². The fourth-order valence-electron chi connectivity index (χ4n) is 3.58. The van der Waals surface area contributed by atoms with Gasteiger partial charge in [0.1, 0.15) is 0 Å². The number of rotatable bonds is 6. The fraction of sp³-hybridized carbons (Fsp3) is 0.778. The van der Waals surface area contributed by atoms with Crippen LogP contribution in [0.3, 0.4) is 0 Å². The zero-order valence-corrected chi connectivity index (χ0v) is 14.6. The summed E-state index contributed by atoms with van der Waals surface area (Å²) in [5, 5.41) is 3.84. The quantitative estimate of drug-likeness (QED) is 0.857. The predicted octanol–water partition coefficient (Wildman–Crippen LogP) is 3.91. The molecule has 2 fully saturated rings. The van der Waals surface area contributed by atoms with Gasteiger partial charge in [0.05, 0.1) is 0 Å². The van der Waals surface area contributed by atoms with Crippen LogP contribution in [-0.2, 0) is 13.0 Å². The maximum atomic E-state index is 3.84. The number of hydrogen-bond acceptors (Lipinski definition) is 3. The Morgan fingerprint density at radius 3 is 2.67 bits per heavy atom. The first-order chi connectivity index (χ1) is 10.2. The maximum absolute atomic E-state index is 3.84. The van der Waals surface area contributed by atoms with Crippen LogP contribution in [0.5, 0.6) is 0 Å². The molecule has 3 unspecified atom stereocenters. The van der Waals surface area contributed by atoms with Gasteiger partial charge in [-0.05, 0) is 43.2 Å². The Morgan fingerprint density at radius 2 is 2.05 bits per heavy atom. The highest BCUT2D eigenvalue weighted by Crippen LogP contribution is 2.35. The summed E-state index contributed by atoms with van der Waals surface area (Å²) in [5.74, 6) is 1.74. The van der Waals surface area contributed by atoms with Gasteiger partial charge in [-0.25, -0.2) is 0 Å². The second kappa shape index (κ2) is 6.80. The first-order valence-corrected chi connectivity index (χ1v) is 9.57. The molecule has 1 saturated heterocycles. The highest BCUT2D eigenvalue weighted by atomic mass is 32.1. The van der Waals surface area contributed by atoms with Crippen molar-refractivity contribution in [3.8, 4) is 0 Å². The van der Waals surface area contributed by atoms with Gasteiger partial charge >= 0.3 is 0 Å². The van der Waals surface area contributed by atoms with Crippen molar-refractivity contribution in [2.24, 2.45) is 11.8 Å². The van der Waals surface area contributed by atoms with E-state index in [-0.39, 0.29) is 0 Å². The Bertz CT molecular complexity index is 452. The molecule has 1 aliphatic carbocycles. The third-order valence-corrected chi connectivity index (χ3v) is 6.62. The summed E-state index contributed by atoms with van der Waals surface area (Å²) in [6.07, 6.45) is 5.34. The number of nitrogens with one attached hydrogen (secondary N) is 1. The Kier molecular flexibility index (Phi) is 5.03. The molecule has 0 radical (unpaired) electrons. The summed E-state index contributed by atoms with van der Waals surface area (Å²) in [6, 6.07) is 6.12. The van der Waals surface area contributed by atoms with E-state index in [1.54, 1.807) is 4.88 Å². The molecule has 2 nitrogen and oxygen atoms in total. The van der Waals surface area contributed by atoms with Gasteiger partial charge in [0.25, 0.3) is 0 Å². The lowest BCUT2D eigenvalue weighted by atomic mass is 9.93. The molecule has 2 heterocycles. The molecule has 0 spiro atoms. The zero-order valence-electron chi connectivity index (χ0n) is 13.8. The van der Waals surface area contributed by atoms with E-state index in [0.29, 0.717) is 6.04 Å². The summed E-state index contributed by atoms with van der Waals surface area (Å²) < 4.78 is 0. The van der Waals surface area contributed by atoms with Crippen LogP contribution in [0, 0.1) is 11.8 Å². The van der Waals surface area contributed by atoms with Gasteiger partial charge in [0, 0.05) is 41.5 Å². The van der Waals surface area contributed by atoms with Crippen LogP contribution in [0.15, 0.2) is 12.1 Å². The monoisotopic (exact) mass is 306 g/mol. The normalized spacial score (nSPS) is 28.7. The third kappa shape index (κ3) is 3.69. The van der Waals surface area contributed by atoms with E-state index < -0.39 is 0 Å². The molecule has 118 valence electrons. The highest BCUT2D eigenvalue weighted by molar-refractivity contribution is 7.11. The molecule has 2 aliphatic rings. The van der Waals surface area contributed by atoms with Crippen LogP contribution in [0.1, 0.15) is 49.8 Å². The Balaban J connectivity index is 1.69. The van der Waals surface area contributed by atoms with E-state index in [1.807, 2.05) is 11.3 Å². The largest absolute Gasteiger partial charge is 0.311 e. The molecule has 1 aromatic heterocycles. The lowest BCUT2D eigenvalue weighted by molar-refractivity contribution is 0.0796. The van der Waals surface area contributed by atoms with E-state index in [0.717, 1.165) is 24.4 Å². The summed E-state index contributed by atoms with van der Waals surface area (Å²) in [6.45, 7) is 10.6. The van der Waals surface area contributed by atoms with Crippen molar-refractivity contribution in [1.29, 1.82) is 0 Å².